The number of guanidine groups is 1. The second kappa shape index (κ2) is 5.25. The zero-order valence-corrected chi connectivity index (χ0v) is 12.2. The van der Waals surface area contributed by atoms with Crippen molar-refractivity contribution in [1.82, 2.24) is 0 Å². The Morgan fingerprint density at radius 2 is 1.85 bits per heavy atom. The summed E-state index contributed by atoms with van der Waals surface area (Å²) in [6.45, 7) is 0.517. The van der Waals surface area contributed by atoms with Gasteiger partial charge >= 0.3 is 0 Å². The first kappa shape index (κ1) is 13.1. The van der Waals surface area contributed by atoms with Crippen molar-refractivity contribution in [1.29, 1.82) is 0 Å². The lowest BCUT2D eigenvalue weighted by molar-refractivity contribution is 0.619. The monoisotopic (exact) mass is 333 g/mol. The van der Waals surface area contributed by atoms with Crippen LogP contribution in [0.3, 0.4) is 0 Å². The van der Waals surface area contributed by atoms with Gasteiger partial charge in [0.05, 0.1) is 18.3 Å². The van der Waals surface area contributed by atoms with Crippen molar-refractivity contribution in [3.05, 3.63) is 64.4 Å². The fourth-order valence-corrected chi connectivity index (χ4v) is 2.97. The molecule has 0 aliphatic carbocycles. The molecule has 102 valence electrons. The van der Waals surface area contributed by atoms with Gasteiger partial charge in [0, 0.05) is 4.47 Å². The fraction of sp³-hybridized carbons (Fsp3) is 0.133. The minimum absolute atomic E-state index is 0.0949. The van der Waals surface area contributed by atoms with E-state index < -0.39 is 0 Å². The highest BCUT2D eigenvalue weighted by molar-refractivity contribution is 9.10. The number of para-hydroxylation sites is 1. The van der Waals surface area contributed by atoms with E-state index in [1.807, 2.05) is 24.3 Å². The standard InChI is InChI=1S/C15H13BrFN3/c16-11-6-2-1-5-10(11)14-9-19-15(18)20(14)13-8-4-3-7-12(13)17/h1-8,14H,9H2,(H2,18,19). The van der Waals surface area contributed by atoms with Crippen molar-refractivity contribution in [2.75, 3.05) is 11.4 Å². The Labute approximate surface area is 125 Å². The topological polar surface area (TPSA) is 41.6 Å². The molecule has 2 N–H and O–H groups in total. The number of nitrogens with zero attached hydrogens (tertiary/aromatic N) is 2. The summed E-state index contributed by atoms with van der Waals surface area (Å²) in [4.78, 5) is 6.01. The first-order chi connectivity index (χ1) is 9.68. The zero-order chi connectivity index (χ0) is 14.1. The van der Waals surface area contributed by atoms with Crippen molar-refractivity contribution in [2.45, 2.75) is 6.04 Å². The number of hydrogen-bond acceptors (Lipinski definition) is 3. The molecule has 0 fully saturated rings. The largest absolute Gasteiger partial charge is 0.369 e. The average molecular weight is 334 g/mol. The van der Waals surface area contributed by atoms with Crippen LogP contribution in [0, 0.1) is 5.82 Å². The normalized spacial score (nSPS) is 18.2. The number of hydrogen-bond donors (Lipinski definition) is 1. The van der Waals surface area contributed by atoms with E-state index in [2.05, 4.69) is 20.9 Å². The number of rotatable bonds is 2. The van der Waals surface area contributed by atoms with Gasteiger partial charge in [-0.15, -0.1) is 0 Å². The zero-order valence-electron chi connectivity index (χ0n) is 10.6. The van der Waals surface area contributed by atoms with Crippen LogP contribution in [-0.4, -0.2) is 12.5 Å². The van der Waals surface area contributed by atoms with Crippen LogP contribution in [0.25, 0.3) is 0 Å². The van der Waals surface area contributed by atoms with Crippen LogP contribution < -0.4 is 10.6 Å². The molecule has 0 radical (unpaired) electrons. The maximum Gasteiger partial charge on any atom is 0.196 e. The summed E-state index contributed by atoms with van der Waals surface area (Å²) in [7, 11) is 0. The van der Waals surface area contributed by atoms with E-state index in [1.165, 1.54) is 6.07 Å². The highest BCUT2D eigenvalue weighted by atomic mass is 79.9. The van der Waals surface area contributed by atoms with E-state index in [1.54, 1.807) is 23.1 Å². The maximum absolute atomic E-state index is 14.0. The molecule has 1 unspecified atom stereocenters. The van der Waals surface area contributed by atoms with Gasteiger partial charge in [0.1, 0.15) is 5.82 Å². The molecule has 2 aromatic carbocycles. The van der Waals surface area contributed by atoms with E-state index in [0.29, 0.717) is 18.2 Å². The Hall–Kier alpha value is -1.88. The fourth-order valence-electron chi connectivity index (χ4n) is 2.42. The van der Waals surface area contributed by atoms with Crippen LogP contribution in [0.4, 0.5) is 10.1 Å². The summed E-state index contributed by atoms with van der Waals surface area (Å²) in [5, 5.41) is 0. The molecule has 1 heterocycles. The highest BCUT2D eigenvalue weighted by Gasteiger charge is 2.31. The van der Waals surface area contributed by atoms with E-state index in [4.69, 9.17) is 5.73 Å². The average Bonchev–Trinajstić information content (AvgIpc) is 2.82. The Morgan fingerprint density at radius 3 is 2.60 bits per heavy atom. The summed E-state index contributed by atoms with van der Waals surface area (Å²) in [5.41, 5.74) is 7.44. The summed E-state index contributed by atoms with van der Waals surface area (Å²) in [6.07, 6.45) is 0. The predicted molar refractivity (Wildman–Crippen MR) is 82.3 cm³/mol. The van der Waals surface area contributed by atoms with E-state index >= 15 is 0 Å². The minimum atomic E-state index is -0.301. The Balaban J connectivity index is 2.06. The molecule has 0 saturated carbocycles. The van der Waals surface area contributed by atoms with Crippen LogP contribution >= 0.6 is 15.9 Å². The molecule has 1 aliphatic rings. The predicted octanol–water partition coefficient (Wildman–Crippen LogP) is 3.46. The SMILES string of the molecule is NC1=NCC(c2ccccc2Br)N1c1ccccc1F. The van der Waals surface area contributed by atoms with Crippen molar-refractivity contribution in [2.24, 2.45) is 10.7 Å². The molecule has 0 bridgehead atoms. The van der Waals surface area contributed by atoms with Gasteiger partial charge < -0.3 is 10.6 Å². The lowest BCUT2D eigenvalue weighted by atomic mass is 10.1. The molecule has 1 aliphatic heterocycles. The Bertz CT molecular complexity index is 672. The lowest BCUT2D eigenvalue weighted by Crippen LogP contribution is -2.36. The lowest BCUT2D eigenvalue weighted by Gasteiger charge is -2.27. The Morgan fingerprint density at radius 1 is 1.15 bits per heavy atom. The molecule has 0 spiro atoms. The first-order valence-electron chi connectivity index (χ1n) is 6.26. The number of nitrogens with two attached hydrogens (primary N) is 1. The van der Waals surface area contributed by atoms with Gasteiger partial charge in [-0.2, -0.15) is 0 Å². The number of aliphatic imine (C=N–C) groups is 1. The molecule has 3 rings (SSSR count). The summed E-state index contributed by atoms with van der Waals surface area (Å²) < 4.78 is 15.0. The maximum atomic E-state index is 14.0. The van der Waals surface area contributed by atoms with Crippen LogP contribution in [0.5, 0.6) is 0 Å². The number of halogens is 2. The molecule has 0 saturated heterocycles. The third-order valence-corrected chi connectivity index (χ3v) is 4.08. The second-order valence-electron chi connectivity index (χ2n) is 4.56. The van der Waals surface area contributed by atoms with Crippen molar-refractivity contribution >= 4 is 27.6 Å². The van der Waals surface area contributed by atoms with Gasteiger partial charge in [-0.05, 0) is 23.8 Å². The van der Waals surface area contributed by atoms with Crippen LogP contribution in [0.1, 0.15) is 11.6 Å². The van der Waals surface area contributed by atoms with Gasteiger partial charge in [-0.25, -0.2) is 4.39 Å². The molecule has 5 heteroatoms. The van der Waals surface area contributed by atoms with Crippen molar-refractivity contribution in [3.63, 3.8) is 0 Å². The van der Waals surface area contributed by atoms with E-state index in [0.717, 1.165) is 10.0 Å². The quantitative estimate of drug-likeness (QED) is 0.914. The number of benzene rings is 2. The third-order valence-electron chi connectivity index (χ3n) is 3.36. The van der Waals surface area contributed by atoms with Gasteiger partial charge in [-0.3, -0.25) is 4.99 Å². The van der Waals surface area contributed by atoms with Crippen LogP contribution in [-0.2, 0) is 0 Å². The summed E-state index contributed by atoms with van der Waals surface area (Å²) in [5.74, 6) is 0.0421. The third kappa shape index (κ3) is 2.18. The minimum Gasteiger partial charge on any atom is -0.369 e. The van der Waals surface area contributed by atoms with Gasteiger partial charge in [0.2, 0.25) is 0 Å². The van der Waals surface area contributed by atoms with Gasteiger partial charge in [0.25, 0.3) is 0 Å². The Kier molecular flexibility index (Phi) is 3.44. The summed E-state index contributed by atoms with van der Waals surface area (Å²) in [6, 6.07) is 14.4. The molecular formula is C15H13BrFN3. The van der Waals surface area contributed by atoms with Gasteiger partial charge in [-0.1, -0.05) is 46.3 Å². The smallest absolute Gasteiger partial charge is 0.196 e. The van der Waals surface area contributed by atoms with Gasteiger partial charge in [0.15, 0.2) is 5.96 Å². The molecule has 2 aromatic rings. The van der Waals surface area contributed by atoms with E-state index in [9.17, 15) is 4.39 Å². The molecule has 3 nitrogen and oxygen atoms in total. The molecular weight excluding hydrogens is 321 g/mol. The second-order valence-corrected chi connectivity index (χ2v) is 5.41. The summed E-state index contributed by atoms with van der Waals surface area (Å²) >= 11 is 3.53. The molecule has 0 amide bonds. The molecule has 20 heavy (non-hydrogen) atoms. The molecule has 0 aromatic heterocycles. The highest BCUT2D eigenvalue weighted by Crippen LogP contribution is 2.35. The van der Waals surface area contributed by atoms with Crippen molar-refractivity contribution < 1.29 is 4.39 Å². The van der Waals surface area contributed by atoms with Crippen molar-refractivity contribution in [3.8, 4) is 0 Å². The molecule has 1 atom stereocenters. The van der Waals surface area contributed by atoms with Crippen LogP contribution in [0.15, 0.2) is 58.0 Å². The number of anilines is 1. The first-order valence-corrected chi connectivity index (χ1v) is 7.06. The van der Waals surface area contributed by atoms with E-state index in [-0.39, 0.29) is 11.9 Å². The van der Waals surface area contributed by atoms with Crippen LogP contribution in [0.2, 0.25) is 0 Å².